The number of thioether (sulfide) groups is 1. The van der Waals surface area contributed by atoms with Gasteiger partial charge in [0, 0.05) is 17.2 Å². The fraction of sp³-hybridized carbons (Fsp3) is 0.538. The predicted octanol–water partition coefficient (Wildman–Crippen LogP) is 2.13. The van der Waals surface area contributed by atoms with Gasteiger partial charge in [-0.3, -0.25) is 9.59 Å². The van der Waals surface area contributed by atoms with Crippen LogP contribution in [0.2, 0.25) is 0 Å². The van der Waals surface area contributed by atoms with E-state index in [1.165, 1.54) is 10.4 Å². The molecule has 1 amide bonds. The number of carbonyl (C=O) groups is 2. The second kappa shape index (κ2) is 4.83. The number of rotatable bonds is 4. The number of fused-ring (bicyclic) bond motifs is 1. The van der Waals surface area contributed by atoms with E-state index in [0.29, 0.717) is 17.7 Å². The average Bonchev–Trinajstić information content (AvgIpc) is 3.07. The van der Waals surface area contributed by atoms with Crippen LogP contribution >= 0.6 is 23.1 Å². The minimum atomic E-state index is -0.797. The van der Waals surface area contributed by atoms with E-state index in [2.05, 4.69) is 5.32 Å². The molecule has 1 aromatic rings. The first-order valence-corrected chi connectivity index (χ1v) is 8.29. The van der Waals surface area contributed by atoms with Crippen LogP contribution in [-0.4, -0.2) is 29.3 Å². The van der Waals surface area contributed by atoms with Crippen LogP contribution in [0.1, 0.15) is 33.0 Å². The summed E-state index contributed by atoms with van der Waals surface area (Å²) >= 11 is 3.44. The smallest absolute Gasteiger partial charge is 0.311 e. The zero-order chi connectivity index (χ0) is 13.5. The summed E-state index contributed by atoms with van der Waals surface area (Å²) in [5.74, 6) is 1.18. The molecule has 2 N–H and O–H groups in total. The number of nitrogens with one attached hydrogen (secondary N) is 1. The van der Waals surface area contributed by atoms with Gasteiger partial charge in [0.15, 0.2) is 0 Å². The number of hydrogen-bond donors (Lipinski definition) is 2. The van der Waals surface area contributed by atoms with Crippen molar-refractivity contribution in [2.45, 2.75) is 25.0 Å². The first-order chi connectivity index (χ1) is 9.11. The molecule has 1 saturated carbocycles. The third-order valence-corrected chi connectivity index (χ3v) is 5.99. The van der Waals surface area contributed by atoms with Crippen LogP contribution in [0, 0.1) is 5.41 Å². The molecule has 0 bridgehead atoms. The maximum atomic E-state index is 12.1. The average molecular weight is 297 g/mol. The topological polar surface area (TPSA) is 66.4 Å². The number of aliphatic carboxylic acids is 1. The molecular weight excluding hydrogens is 282 g/mol. The van der Waals surface area contributed by atoms with Gasteiger partial charge in [-0.25, -0.2) is 0 Å². The zero-order valence-electron chi connectivity index (χ0n) is 10.4. The van der Waals surface area contributed by atoms with Gasteiger partial charge in [0.2, 0.25) is 0 Å². The third-order valence-electron chi connectivity index (χ3n) is 3.75. The molecule has 4 nitrogen and oxygen atoms in total. The van der Waals surface area contributed by atoms with E-state index in [4.69, 9.17) is 5.11 Å². The van der Waals surface area contributed by atoms with Crippen LogP contribution in [0.4, 0.5) is 0 Å². The van der Waals surface area contributed by atoms with E-state index in [1.807, 2.05) is 17.8 Å². The van der Waals surface area contributed by atoms with E-state index in [0.717, 1.165) is 17.9 Å². The number of carboxylic acid groups (broad SMARTS) is 1. The van der Waals surface area contributed by atoms with Crippen LogP contribution < -0.4 is 5.32 Å². The van der Waals surface area contributed by atoms with Crippen molar-refractivity contribution in [3.8, 4) is 0 Å². The fourth-order valence-corrected chi connectivity index (χ4v) is 4.50. The van der Waals surface area contributed by atoms with Crippen molar-refractivity contribution >= 4 is 35.0 Å². The summed E-state index contributed by atoms with van der Waals surface area (Å²) in [6.07, 6.45) is 2.37. The summed E-state index contributed by atoms with van der Waals surface area (Å²) in [4.78, 5) is 25.1. The molecule has 0 unspecified atom stereocenters. The molecule has 0 saturated heterocycles. The second-order valence-electron chi connectivity index (χ2n) is 5.13. The first kappa shape index (κ1) is 13.0. The summed E-state index contributed by atoms with van der Waals surface area (Å²) in [5, 5.41) is 11.8. The second-order valence-corrected chi connectivity index (χ2v) is 7.37. The zero-order valence-corrected chi connectivity index (χ0v) is 12.0. The number of carboxylic acids is 1. The van der Waals surface area contributed by atoms with Crippen molar-refractivity contribution in [1.29, 1.82) is 0 Å². The molecule has 0 atom stereocenters. The third kappa shape index (κ3) is 2.51. The molecule has 6 heteroatoms. The Hall–Kier alpha value is -1.01. The summed E-state index contributed by atoms with van der Waals surface area (Å²) in [7, 11) is 0. The molecule has 0 aromatic carbocycles. The largest absolute Gasteiger partial charge is 0.481 e. The van der Waals surface area contributed by atoms with E-state index in [9.17, 15) is 9.59 Å². The Bertz CT molecular complexity index is 510. The van der Waals surface area contributed by atoms with Crippen molar-refractivity contribution in [3.05, 3.63) is 21.4 Å². The lowest BCUT2D eigenvalue weighted by atomic mass is 10.1. The number of hydrogen-bond acceptors (Lipinski definition) is 4. The van der Waals surface area contributed by atoms with Gasteiger partial charge in [-0.05, 0) is 36.6 Å². The van der Waals surface area contributed by atoms with Gasteiger partial charge in [0.25, 0.3) is 5.91 Å². The maximum Gasteiger partial charge on any atom is 0.311 e. The highest BCUT2D eigenvalue weighted by molar-refractivity contribution is 7.98. The van der Waals surface area contributed by atoms with Gasteiger partial charge in [0.05, 0.1) is 10.3 Å². The Kier molecular flexibility index (Phi) is 3.30. The molecule has 0 spiro atoms. The van der Waals surface area contributed by atoms with Crippen molar-refractivity contribution in [2.24, 2.45) is 5.41 Å². The van der Waals surface area contributed by atoms with Crippen molar-refractivity contribution in [1.82, 2.24) is 5.32 Å². The molecule has 3 rings (SSSR count). The Labute approximate surface area is 119 Å². The molecule has 2 aliphatic rings. The lowest BCUT2D eigenvalue weighted by molar-refractivity contribution is -0.143. The molecule has 102 valence electrons. The molecule has 1 aliphatic carbocycles. The normalized spacial score (nSPS) is 19.6. The number of carbonyl (C=O) groups excluding carboxylic acids is 1. The van der Waals surface area contributed by atoms with Gasteiger partial charge in [-0.1, -0.05) is 0 Å². The minimum absolute atomic E-state index is 0.128. The van der Waals surface area contributed by atoms with Crippen LogP contribution in [-0.2, 0) is 17.0 Å². The Morgan fingerprint density at radius 1 is 1.42 bits per heavy atom. The van der Waals surface area contributed by atoms with Crippen molar-refractivity contribution in [3.63, 3.8) is 0 Å². The Morgan fingerprint density at radius 2 is 2.21 bits per heavy atom. The quantitative estimate of drug-likeness (QED) is 0.893. The number of aryl methyl sites for hydroxylation is 1. The van der Waals surface area contributed by atoms with Gasteiger partial charge in [-0.15, -0.1) is 11.3 Å². The molecule has 1 aliphatic heterocycles. The molecule has 1 fully saturated rings. The van der Waals surface area contributed by atoms with Crippen LogP contribution in [0.25, 0.3) is 0 Å². The van der Waals surface area contributed by atoms with E-state index in [1.54, 1.807) is 11.3 Å². The highest BCUT2D eigenvalue weighted by atomic mass is 32.2. The van der Waals surface area contributed by atoms with Gasteiger partial charge in [-0.2, -0.15) is 11.8 Å². The maximum absolute atomic E-state index is 12.1. The highest BCUT2D eigenvalue weighted by Crippen LogP contribution is 2.45. The summed E-state index contributed by atoms with van der Waals surface area (Å²) < 4.78 is 0. The molecule has 19 heavy (non-hydrogen) atoms. The summed E-state index contributed by atoms with van der Waals surface area (Å²) in [5.41, 5.74) is 0.577. The van der Waals surface area contributed by atoms with Crippen molar-refractivity contribution in [2.75, 3.05) is 12.3 Å². The van der Waals surface area contributed by atoms with Gasteiger partial charge in [0.1, 0.15) is 0 Å². The summed E-state index contributed by atoms with van der Waals surface area (Å²) in [6, 6.07) is 1.96. The van der Waals surface area contributed by atoms with E-state index < -0.39 is 11.4 Å². The molecular formula is C13H15NO3S2. The Balaban J connectivity index is 1.64. The molecule has 1 aromatic heterocycles. The van der Waals surface area contributed by atoms with Gasteiger partial charge < -0.3 is 10.4 Å². The van der Waals surface area contributed by atoms with E-state index in [-0.39, 0.29) is 12.5 Å². The van der Waals surface area contributed by atoms with Crippen LogP contribution in [0.5, 0.6) is 0 Å². The monoisotopic (exact) mass is 297 g/mol. The predicted molar refractivity (Wildman–Crippen MR) is 75.8 cm³/mol. The SMILES string of the molecule is O=C(NCC1(C(=O)O)CC1)c1cc2c(s1)CCSC2. The lowest BCUT2D eigenvalue weighted by Gasteiger charge is -2.10. The summed E-state index contributed by atoms with van der Waals surface area (Å²) in [6.45, 7) is 0.248. The lowest BCUT2D eigenvalue weighted by Crippen LogP contribution is -2.33. The van der Waals surface area contributed by atoms with Crippen molar-refractivity contribution < 1.29 is 14.7 Å². The molecule has 2 heterocycles. The molecule has 0 radical (unpaired) electrons. The van der Waals surface area contributed by atoms with Crippen LogP contribution in [0.3, 0.4) is 0 Å². The van der Waals surface area contributed by atoms with Crippen LogP contribution in [0.15, 0.2) is 6.07 Å². The van der Waals surface area contributed by atoms with Gasteiger partial charge >= 0.3 is 5.97 Å². The van der Waals surface area contributed by atoms with E-state index >= 15 is 0 Å². The fourth-order valence-electron chi connectivity index (χ4n) is 2.21. The Morgan fingerprint density at radius 3 is 2.84 bits per heavy atom. The number of thiophene rings is 1. The minimum Gasteiger partial charge on any atom is -0.481 e. The highest BCUT2D eigenvalue weighted by Gasteiger charge is 2.50. The number of amides is 1. The standard InChI is InChI=1S/C13H15NO3S2/c15-11(14-7-13(2-3-13)12(16)17)10-5-8-6-18-4-1-9(8)19-10/h5H,1-4,6-7H2,(H,14,15)(H,16,17). The first-order valence-electron chi connectivity index (χ1n) is 6.32.